The van der Waals surface area contributed by atoms with Crippen LogP contribution >= 0.6 is 0 Å². The number of aromatic amines is 1. The smallest absolute Gasteiger partial charge is 0.224 e. The summed E-state index contributed by atoms with van der Waals surface area (Å²) in [5.41, 5.74) is 2.43. The van der Waals surface area contributed by atoms with E-state index in [1.165, 1.54) is 10.9 Å². The van der Waals surface area contributed by atoms with Gasteiger partial charge in [-0.2, -0.15) is 0 Å². The fourth-order valence-electron chi connectivity index (χ4n) is 3.98. The minimum Gasteiger partial charge on any atom is -0.361 e. The lowest BCUT2D eigenvalue weighted by molar-refractivity contribution is -0.147. The molecule has 2 fully saturated rings. The van der Waals surface area contributed by atoms with Crippen LogP contribution in [0.15, 0.2) is 30.5 Å². The number of benzene rings is 1. The summed E-state index contributed by atoms with van der Waals surface area (Å²) in [5.74, 6) is 0.753. The number of carbonyl (C=O) groups is 1. The van der Waals surface area contributed by atoms with E-state index >= 15 is 0 Å². The highest BCUT2D eigenvalue weighted by Crippen LogP contribution is 2.35. The second-order valence-electron chi connectivity index (χ2n) is 6.45. The Bertz CT molecular complexity index is 693. The van der Waals surface area contributed by atoms with Crippen molar-refractivity contribution < 1.29 is 9.53 Å². The van der Waals surface area contributed by atoms with Crippen molar-refractivity contribution in [3.05, 3.63) is 36.0 Å². The Hall–Kier alpha value is -1.81. The molecule has 4 nitrogen and oxygen atoms in total. The van der Waals surface area contributed by atoms with E-state index in [4.69, 9.17) is 4.74 Å². The lowest BCUT2D eigenvalue weighted by Gasteiger charge is -2.37. The summed E-state index contributed by atoms with van der Waals surface area (Å²) in [6.45, 7) is 2.85. The number of ether oxygens (including phenoxy) is 1. The van der Waals surface area contributed by atoms with Gasteiger partial charge in [-0.1, -0.05) is 25.1 Å². The highest BCUT2D eigenvalue weighted by atomic mass is 16.5. The molecule has 0 radical (unpaired) electrons. The number of nitrogens with zero attached hydrogens (tertiary/aromatic N) is 1. The number of fused-ring (bicyclic) bond motifs is 2. The van der Waals surface area contributed by atoms with E-state index in [2.05, 4.69) is 36.3 Å². The predicted octanol–water partition coefficient (Wildman–Crippen LogP) is 3.08. The third-order valence-electron chi connectivity index (χ3n) is 5.20. The molecule has 22 heavy (non-hydrogen) atoms. The molecule has 1 aromatic carbocycles. The van der Waals surface area contributed by atoms with Crippen LogP contribution in [0.3, 0.4) is 0 Å². The van der Waals surface area contributed by atoms with Crippen molar-refractivity contribution in [1.29, 1.82) is 0 Å². The first kappa shape index (κ1) is 13.8. The van der Waals surface area contributed by atoms with Gasteiger partial charge in [0.25, 0.3) is 0 Å². The van der Waals surface area contributed by atoms with Crippen molar-refractivity contribution in [1.82, 2.24) is 9.88 Å². The molecule has 3 heterocycles. The van der Waals surface area contributed by atoms with E-state index in [0.29, 0.717) is 18.9 Å². The van der Waals surface area contributed by atoms with Gasteiger partial charge in [0.1, 0.15) is 6.23 Å². The predicted molar refractivity (Wildman–Crippen MR) is 85.4 cm³/mol. The van der Waals surface area contributed by atoms with Crippen LogP contribution < -0.4 is 0 Å². The van der Waals surface area contributed by atoms with Gasteiger partial charge in [-0.3, -0.25) is 4.79 Å². The average molecular weight is 298 g/mol. The number of nitrogens with one attached hydrogen (secondary N) is 1. The topological polar surface area (TPSA) is 45.3 Å². The molecule has 116 valence electrons. The Morgan fingerprint density at radius 3 is 3.09 bits per heavy atom. The normalized spacial score (nSPS) is 28.3. The van der Waals surface area contributed by atoms with Crippen molar-refractivity contribution in [2.75, 3.05) is 6.61 Å². The standard InChI is InChI=1S/C18H22N2O2/c1-2-12-7-8-17(21)20-14(11-22-18(12)20)9-13-10-19-16-6-4-3-5-15(13)16/h3-6,10,12,14,18-19H,2,7-9,11H2,1H3/t12-,14-,18+/m1/s1. The summed E-state index contributed by atoms with van der Waals surface area (Å²) in [7, 11) is 0. The number of hydrogen-bond acceptors (Lipinski definition) is 2. The fraction of sp³-hybridized carbons (Fsp3) is 0.500. The third-order valence-corrected chi connectivity index (χ3v) is 5.20. The average Bonchev–Trinajstić information content (AvgIpc) is 3.14. The largest absolute Gasteiger partial charge is 0.361 e. The first-order valence-electron chi connectivity index (χ1n) is 8.25. The first-order valence-corrected chi connectivity index (χ1v) is 8.25. The molecule has 2 aromatic rings. The molecule has 0 aliphatic carbocycles. The first-order chi connectivity index (χ1) is 10.8. The van der Waals surface area contributed by atoms with Crippen LogP contribution in [-0.2, 0) is 16.0 Å². The number of amides is 1. The van der Waals surface area contributed by atoms with E-state index < -0.39 is 0 Å². The van der Waals surface area contributed by atoms with Gasteiger partial charge in [-0.25, -0.2) is 0 Å². The van der Waals surface area contributed by atoms with Crippen molar-refractivity contribution in [2.45, 2.75) is 44.9 Å². The van der Waals surface area contributed by atoms with Crippen molar-refractivity contribution in [3.63, 3.8) is 0 Å². The zero-order chi connectivity index (χ0) is 15.1. The number of carbonyl (C=O) groups excluding carboxylic acids is 1. The molecule has 0 unspecified atom stereocenters. The molecule has 0 saturated carbocycles. The number of rotatable bonds is 3. The van der Waals surface area contributed by atoms with Gasteiger partial charge in [-0.05, 0) is 30.9 Å². The Morgan fingerprint density at radius 1 is 1.36 bits per heavy atom. The van der Waals surface area contributed by atoms with E-state index in [0.717, 1.165) is 24.8 Å². The Kier molecular flexibility index (Phi) is 3.41. The Labute approximate surface area is 130 Å². The van der Waals surface area contributed by atoms with Gasteiger partial charge in [0.15, 0.2) is 0 Å². The van der Waals surface area contributed by atoms with Gasteiger partial charge in [0.05, 0.1) is 12.6 Å². The molecule has 4 heteroatoms. The van der Waals surface area contributed by atoms with E-state index in [1.54, 1.807) is 0 Å². The van der Waals surface area contributed by atoms with Gasteiger partial charge >= 0.3 is 0 Å². The third kappa shape index (κ3) is 2.13. The minimum atomic E-state index is 0.00135. The Balaban J connectivity index is 1.59. The maximum atomic E-state index is 12.4. The zero-order valence-electron chi connectivity index (χ0n) is 12.9. The van der Waals surface area contributed by atoms with E-state index in [9.17, 15) is 4.79 Å². The number of aromatic nitrogens is 1. The monoisotopic (exact) mass is 298 g/mol. The molecule has 2 aliphatic heterocycles. The molecule has 1 N–H and O–H groups in total. The van der Waals surface area contributed by atoms with Crippen LogP contribution in [0, 0.1) is 5.92 Å². The zero-order valence-corrected chi connectivity index (χ0v) is 12.9. The highest BCUT2D eigenvalue weighted by molar-refractivity contribution is 5.83. The molecule has 4 rings (SSSR count). The summed E-state index contributed by atoms with van der Waals surface area (Å²) < 4.78 is 6.00. The van der Waals surface area contributed by atoms with Crippen LogP contribution in [0.5, 0.6) is 0 Å². The number of H-pyrrole nitrogens is 1. The van der Waals surface area contributed by atoms with Crippen molar-refractivity contribution in [3.8, 4) is 0 Å². The number of piperidine rings is 1. The van der Waals surface area contributed by atoms with Crippen LogP contribution in [0.2, 0.25) is 0 Å². The van der Waals surface area contributed by atoms with Crippen LogP contribution in [0.1, 0.15) is 31.7 Å². The van der Waals surface area contributed by atoms with Crippen LogP contribution in [0.4, 0.5) is 0 Å². The molecule has 2 saturated heterocycles. The Morgan fingerprint density at radius 2 is 2.23 bits per heavy atom. The van der Waals surface area contributed by atoms with Gasteiger partial charge in [-0.15, -0.1) is 0 Å². The molecule has 1 aromatic heterocycles. The maximum absolute atomic E-state index is 12.4. The fourth-order valence-corrected chi connectivity index (χ4v) is 3.98. The van der Waals surface area contributed by atoms with Gasteiger partial charge < -0.3 is 14.6 Å². The van der Waals surface area contributed by atoms with E-state index in [-0.39, 0.29) is 18.2 Å². The highest BCUT2D eigenvalue weighted by Gasteiger charge is 2.44. The molecular weight excluding hydrogens is 276 g/mol. The number of hydrogen-bond donors (Lipinski definition) is 1. The molecular formula is C18H22N2O2. The summed E-state index contributed by atoms with van der Waals surface area (Å²) in [5, 5.41) is 1.25. The molecule has 3 atom stereocenters. The summed E-state index contributed by atoms with van der Waals surface area (Å²) in [6, 6.07) is 8.50. The van der Waals surface area contributed by atoms with Crippen LogP contribution in [0.25, 0.3) is 10.9 Å². The lowest BCUT2D eigenvalue weighted by Crippen LogP contribution is -2.49. The number of para-hydroxylation sites is 1. The minimum absolute atomic E-state index is 0.00135. The molecule has 1 amide bonds. The molecule has 0 spiro atoms. The summed E-state index contributed by atoms with van der Waals surface area (Å²) >= 11 is 0. The molecule has 2 aliphatic rings. The van der Waals surface area contributed by atoms with E-state index in [1.807, 2.05) is 11.0 Å². The van der Waals surface area contributed by atoms with Gasteiger partial charge in [0.2, 0.25) is 5.91 Å². The molecule has 0 bridgehead atoms. The van der Waals surface area contributed by atoms with Crippen molar-refractivity contribution in [2.24, 2.45) is 5.92 Å². The summed E-state index contributed by atoms with van der Waals surface area (Å²) in [4.78, 5) is 17.7. The van der Waals surface area contributed by atoms with Gasteiger partial charge in [0, 0.05) is 29.4 Å². The van der Waals surface area contributed by atoms with Crippen molar-refractivity contribution >= 4 is 16.8 Å². The maximum Gasteiger partial charge on any atom is 0.224 e. The second-order valence-corrected chi connectivity index (χ2v) is 6.45. The van der Waals surface area contributed by atoms with Crippen LogP contribution in [-0.4, -0.2) is 34.7 Å². The second kappa shape index (κ2) is 5.43. The summed E-state index contributed by atoms with van der Waals surface area (Å²) in [6.07, 6.45) is 5.65. The SMILES string of the molecule is CC[C@@H]1CCC(=O)N2[C@H](Cc3c[nH]c4ccccc34)CO[C@@H]12. The quantitative estimate of drug-likeness (QED) is 0.946. The lowest BCUT2D eigenvalue weighted by atomic mass is 9.92.